The molecule has 0 atom stereocenters. The van der Waals surface area contributed by atoms with Crippen molar-refractivity contribution in [1.82, 2.24) is 0 Å². The Morgan fingerprint density at radius 3 is 2.40 bits per heavy atom. The van der Waals surface area contributed by atoms with E-state index in [1.807, 2.05) is 0 Å². The van der Waals surface area contributed by atoms with Crippen molar-refractivity contribution < 1.29 is 15.0 Å². The molecule has 0 heterocycles. The quantitative estimate of drug-likeness (QED) is 0.517. The van der Waals surface area contributed by atoms with E-state index < -0.39 is 5.97 Å². The lowest BCUT2D eigenvalue weighted by molar-refractivity contribution is 0.0693. The minimum atomic E-state index is -1.02. The fourth-order valence-corrected chi connectivity index (χ4v) is 3.99. The third kappa shape index (κ3) is 6.05. The van der Waals surface area contributed by atoms with Gasteiger partial charge in [-0.05, 0) is 54.7 Å². The molecule has 1 saturated carbocycles. The molecule has 0 saturated heterocycles. The second-order valence-electron chi connectivity index (χ2n) is 8.07. The zero-order chi connectivity index (χ0) is 18.2. The summed E-state index contributed by atoms with van der Waals surface area (Å²) in [4.78, 5) is 11.5. The van der Waals surface area contributed by atoms with E-state index in [9.17, 15) is 15.0 Å². The van der Waals surface area contributed by atoms with Crippen LogP contribution in [0.25, 0.3) is 0 Å². The number of hydrogen-bond acceptors (Lipinski definition) is 2. The number of aromatic hydroxyl groups is 1. The third-order valence-corrected chi connectivity index (χ3v) is 5.47. The van der Waals surface area contributed by atoms with Gasteiger partial charge in [0.05, 0.1) is 0 Å². The van der Waals surface area contributed by atoms with Crippen LogP contribution in [0, 0.1) is 5.92 Å². The summed E-state index contributed by atoms with van der Waals surface area (Å²) in [6, 6.07) is 3.75. The van der Waals surface area contributed by atoms with Crippen molar-refractivity contribution in [3.05, 3.63) is 28.8 Å². The highest BCUT2D eigenvalue weighted by Gasteiger charge is 2.23. The zero-order valence-corrected chi connectivity index (χ0v) is 15.9. The van der Waals surface area contributed by atoms with Crippen molar-refractivity contribution in [2.24, 2.45) is 5.92 Å². The van der Waals surface area contributed by atoms with Crippen LogP contribution in [0.15, 0.2) is 12.1 Å². The monoisotopic (exact) mass is 346 g/mol. The van der Waals surface area contributed by atoms with E-state index in [1.165, 1.54) is 44.9 Å². The molecule has 1 fully saturated rings. The number of hydrogen-bond donors (Lipinski definition) is 2. The highest BCUT2D eigenvalue weighted by Crippen LogP contribution is 2.39. The second-order valence-corrected chi connectivity index (χ2v) is 8.07. The summed E-state index contributed by atoms with van der Waals surface area (Å²) in [5.41, 5.74) is 2.02. The van der Waals surface area contributed by atoms with E-state index in [4.69, 9.17) is 0 Å². The van der Waals surface area contributed by atoms with Crippen molar-refractivity contribution in [3.63, 3.8) is 0 Å². The maximum atomic E-state index is 11.5. The Kier molecular flexibility index (Phi) is 7.80. The van der Waals surface area contributed by atoms with Crippen LogP contribution in [0.2, 0.25) is 0 Å². The molecule has 3 nitrogen and oxygen atoms in total. The predicted octanol–water partition coefficient (Wildman–Crippen LogP) is 6.29. The topological polar surface area (TPSA) is 57.5 Å². The van der Waals surface area contributed by atoms with Gasteiger partial charge in [0.2, 0.25) is 0 Å². The number of benzene rings is 1. The van der Waals surface area contributed by atoms with E-state index in [-0.39, 0.29) is 11.3 Å². The molecular formula is C22H34O3. The Bertz CT molecular complexity index is 557. The van der Waals surface area contributed by atoms with Crippen molar-refractivity contribution in [1.29, 1.82) is 0 Å². The number of aromatic carboxylic acids is 1. The van der Waals surface area contributed by atoms with E-state index in [0.29, 0.717) is 5.92 Å². The SMILES string of the molecule is CC(C)CCCCCCc1cc(C(=O)O)c(O)c(C2CCCCC2)c1. The molecule has 140 valence electrons. The first-order chi connectivity index (χ1) is 12.0. The fraction of sp³-hybridized carbons (Fsp3) is 0.682. The van der Waals surface area contributed by atoms with Crippen molar-refractivity contribution in [3.8, 4) is 5.75 Å². The fourth-order valence-electron chi connectivity index (χ4n) is 3.99. The molecule has 1 aliphatic carbocycles. The van der Waals surface area contributed by atoms with Crippen LogP contribution in [0.3, 0.4) is 0 Å². The number of aryl methyl sites for hydroxylation is 1. The van der Waals surface area contributed by atoms with Crippen LogP contribution in [-0.4, -0.2) is 16.2 Å². The van der Waals surface area contributed by atoms with E-state index in [1.54, 1.807) is 6.07 Å². The van der Waals surface area contributed by atoms with Crippen LogP contribution in [0.4, 0.5) is 0 Å². The van der Waals surface area contributed by atoms with Gasteiger partial charge in [-0.2, -0.15) is 0 Å². The van der Waals surface area contributed by atoms with Gasteiger partial charge in [0, 0.05) is 0 Å². The van der Waals surface area contributed by atoms with Gasteiger partial charge in [-0.25, -0.2) is 4.79 Å². The van der Waals surface area contributed by atoms with Gasteiger partial charge in [0.15, 0.2) is 0 Å². The smallest absolute Gasteiger partial charge is 0.339 e. The number of unbranched alkanes of at least 4 members (excludes halogenated alkanes) is 3. The van der Waals surface area contributed by atoms with E-state index in [0.717, 1.165) is 42.7 Å². The average Bonchev–Trinajstić information content (AvgIpc) is 2.59. The molecule has 1 aromatic carbocycles. The number of carboxylic acids is 1. The second kappa shape index (κ2) is 9.84. The average molecular weight is 347 g/mol. The van der Waals surface area contributed by atoms with Gasteiger partial charge in [-0.1, -0.05) is 64.9 Å². The summed E-state index contributed by atoms with van der Waals surface area (Å²) in [6.45, 7) is 4.52. The Morgan fingerprint density at radius 1 is 1.08 bits per heavy atom. The molecule has 25 heavy (non-hydrogen) atoms. The summed E-state index contributed by atoms with van der Waals surface area (Å²) < 4.78 is 0. The summed E-state index contributed by atoms with van der Waals surface area (Å²) in [5.74, 6) is 0.0690. The number of carboxylic acid groups (broad SMARTS) is 1. The first-order valence-electron chi connectivity index (χ1n) is 10.1. The summed E-state index contributed by atoms with van der Waals surface area (Å²) in [6.07, 6.45) is 12.7. The minimum Gasteiger partial charge on any atom is -0.507 e. The summed E-state index contributed by atoms with van der Waals surface area (Å²) >= 11 is 0. The first kappa shape index (κ1) is 19.8. The summed E-state index contributed by atoms with van der Waals surface area (Å²) in [5, 5.41) is 19.9. The molecule has 0 amide bonds. The lowest BCUT2D eigenvalue weighted by Crippen LogP contribution is -2.08. The third-order valence-electron chi connectivity index (χ3n) is 5.47. The molecule has 0 radical (unpaired) electrons. The molecule has 0 aromatic heterocycles. The van der Waals surface area contributed by atoms with Gasteiger partial charge in [0.1, 0.15) is 11.3 Å². The molecule has 0 aliphatic heterocycles. The van der Waals surface area contributed by atoms with Crippen molar-refractivity contribution in [2.75, 3.05) is 0 Å². The largest absolute Gasteiger partial charge is 0.507 e. The first-order valence-corrected chi connectivity index (χ1v) is 10.1. The highest BCUT2D eigenvalue weighted by molar-refractivity contribution is 5.91. The maximum Gasteiger partial charge on any atom is 0.339 e. The molecule has 2 rings (SSSR count). The van der Waals surface area contributed by atoms with Crippen molar-refractivity contribution >= 4 is 5.97 Å². The number of carbonyl (C=O) groups is 1. The zero-order valence-electron chi connectivity index (χ0n) is 15.9. The lowest BCUT2D eigenvalue weighted by Gasteiger charge is -2.24. The minimum absolute atomic E-state index is 0.0000772. The Balaban J connectivity index is 2.01. The van der Waals surface area contributed by atoms with Crippen LogP contribution in [0.5, 0.6) is 5.75 Å². The Morgan fingerprint density at radius 2 is 1.76 bits per heavy atom. The summed E-state index contributed by atoms with van der Waals surface area (Å²) in [7, 11) is 0. The van der Waals surface area contributed by atoms with E-state index >= 15 is 0 Å². The Hall–Kier alpha value is -1.51. The van der Waals surface area contributed by atoms with Gasteiger partial charge in [0.25, 0.3) is 0 Å². The molecule has 0 unspecified atom stereocenters. The van der Waals surface area contributed by atoms with Gasteiger partial charge in [-0.3, -0.25) is 0 Å². The van der Waals surface area contributed by atoms with Crippen LogP contribution in [0.1, 0.15) is 105 Å². The molecule has 0 bridgehead atoms. The molecule has 1 aliphatic rings. The van der Waals surface area contributed by atoms with E-state index in [2.05, 4.69) is 19.9 Å². The van der Waals surface area contributed by atoms with Gasteiger partial charge < -0.3 is 10.2 Å². The number of phenols is 1. The molecule has 1 aromatic rings. The standard InChI is InChI=1S/C22H34O3/c1-16(2)10-6-3-4-7-11-17-14-19(18-12-8-5-9-13-18)21(23)20(15-17)22(24)25/h14-16,18,23H,3-13H2,1-2H3,(H,24,25). The van der Waals surface area contributed by atoms with Gasteiger partial charge >= 0.3 is 5.97 Å². The highest BCUT2D eigenvalue weighted by atomic mass is 16.4. The molecule has 2 N–H and O–H groups in total. The normalized spacial score (nSPS) is 15.6. The van der Waals surface area contributed by atoms with Crippen LogP contribution >= 0.6 is 0 Å². The lowest BCUT2D eigenvalue weighted by atomic mass is 9.82. The molecule has 3 heteroatoms. The number of rotatable bonds is 9. The molecular weight excluding hydrogens is 312 g/mol. The van der Waals surface area contributed by atoms with Crippen LogP contribution < -0.4 is 0 Å². The maximum absolute atomic E-state index is 11.5. The predicted molar refractivity (Wildman–Crippen MR) is 103 cm³/mol. The van der Waals surface area contributed by atoms with Gasteiger partial charge in [-0.15, -0.1) is 0 Å². The molecule has 0 spiro atoms. The van der Waals surface area contributed by atoms with Crippen molar-refractivity contribution in [2.45, 2.75) is 90.4 Å². The Labute approximate surface area is 152 Å². The van der Waals surface area contributed by atoms with Crippen LogP contribution in [-0.2, 0) is 6.42 Å².